The van der Waals surface area contributed by atoms with Crippen LogP contribution < -0.4 is 9.04 Å². The largest absolute Gasteiger partial charge is 0.497 e. The molecule has 0 unspecified atom stereocenters. The van der Waals surface area contributed by atoms with Crippen molar-refractivity contribution in [2.45, 2.75) is 18.7 Å². The minimum Gasteiger partial charge on any atom is -0.497 e. The Bertz CT molecular complexity index is 951. The highest BCUT2D eigenvalue weighted by molar-refractivity contribution is 7.92. The Morgan fingerprint density at radius 1 is 1.00 bits per heavy atom. The predicted molar refractivity (Wildman–Crippen MR) is 117 cm³/mol. The zero-order valence-electron chi connectivity index (χ0n) is 17.7. The molecule has 0 aromatic heterocycles. The number of nitrogens with zero attached hydrogens (tertiary/aromatic N) is 3. The molecule has 30 heavy (non-hydrogen) atoms. The van der Waals surface area contributed by atoms with Crippen LogP contribution in [0.2, 0.25) is 0 Å². The molecule has 3 rings (SSSR count). The number of carbonyl (C=O) groups is 1. The van der Waals surface area contributed by atoms with Crippen molar-refractivity contribution in [3.63, 3.8) is 0 Å². The molecule has 8 heteroatoms. The second-order valence-corrected chi connectivity index (χ2v) is 9.20. The SMILES string of the molecule is CCN1CCN(C(=O)CN(c2ccc(OC)cc2)S(=O)(=O)c2ccc(C)cc2)CC1. The number of amides is 1. The lowest BCUT2D eigenvalue weighted by Crippen LogP contribution is -2.51. The van der Waals surface area contributed by atoms with Crippen molar-refractivity contribution in [1.82, 2.24) is 9.80 Å². The van der Waals surface area contributed by atoms with E-state index in [9.17, 15) is 13.2 Å². The second-order valence-electron chi connectivity index (χ2n) is 7.34. The van der Waals surface area contributed by atoms with Crippen LogP contribution in [0, 0.1) is 6.92 Å². The van der Waals surface area contributed by atoms with Crippen LogP contribution >= 0.6 is 0 Å². The Balaban J connectivity index is 1.89. The highest BCUT2D eigenvalue weighted by Gasteiger charge is 2.30. The summed E-state index contributed by atoms with van der Waals surface area (Å²) in [6, 6.07) is 13.4. The summed E-state index contributed by atoms with van der Waals surface area (Å²) in [5.41, 5.74) is 1.40. The monoisotopic (exact) mass is 431 g/mol. The van der Waals surface area contributed by atoms with Crippen LogP contribution in [0.4, 0.5) is 5.69 Å². The number of ether oxygens (including phenoxy) is 1. The molecule has 0 saturated carbocycles. The van der Waals surface area contributed by atoms with Crippen LogP contribution in [0.15, 0.2) is 53.4 Å². The van der Waals surface area contributed by atoms with Gasteiger partial charge in [0, 0.05) is 26.2 Å². The molecule has 2 aromatic rings. The lowest BCUT2D eigenvalue weighted by Gasteiger charge is -2.35. The average molecular weight is 432 g/mol. The van der Waals surface area contributed by atoms with Gasteiger partial charge in [0.25, 0.3) is 10.0 Å². The zero-order chi connectivity index (χ0) is 21.7. The summed E-state index contributed by atoms with van der Waals surface area (Å²) in [4.78, 5) is 17.2. The number of aryl methyl sites for hydroxylation is 1. The number of sulfonamides is 1. The van der Waals surface area contributed by atoms with Gasteiger partial charge in [-0.15, -0.1) is 0 Å². The number of rotatable bonds is 7. The van der Waals surface area contributed by atoms with E-state index in [-0.39, 0.29) is 17.3 Å². The molecule has 0 aliphatic carbocycles. The third-order valence-corrected chi connectivity index (χ3v) is 7.21. The fourth-order valence-corrected chi connectivity index (χ4v) is 4.85. The minimum atomic E-state index is -3.91. The maximum Gasteiger partial charge on any atom is 0.264 e. The van der Waals surface area contributed by atoms with Crippen molar-refractivity contribution in [1.29, 1.82) is 0 Å². The van der Waals surface area contributed by atoms with E-state index in [0.717, 1.165) is 25.2 Å². The first kappa shape index (κ1) is 22.1. The Labute approximate surface area is 178 Å². The molecular formula is C22H29N3O4S. The van der Waals surface area contributed by atoms with Crippen LogP contribution in [0.3, 0.4) is 0 Å². The summed E-state index contributed by atoms with van der Waals surface area (Å²) in [6.07, 6.45) is 0. The quantitative estimate of drug-likeness (QED) is 0.673. The molecule has 1 saturated heterocycles. The number of hydrogen-bond acceptors (Lipinski definition) is 5. The number of piperazine rings is 1. The Kier molecular flexibility index (Phi) is 6.99. The molecule has 162 valence electrons. The van der Waals surface area contributed by atoms with Gasteiger partial charge in [-0.3, -0.25) is 9.10 Å². The molecule has 0 bridgehead atoms. The molecule has 2 aromatic carbocycles. The predicted octanol–water partition coefficient (Wildman–Crippen LogP) is 2.36. The number of methoxy groups -OCH3 is 1. The Morgan fingerprint density at radius 2 is 1.60 bits per heavy atom. The molecule has 1 amide bonds. The Morgan fingerprint density at radius 3 is 2.13 bits per heavy atom. The van der Waals surface area contributed by atoms with E-state index < -0.39 is 10.0 Å². The molecule has 0 atom stereocenters. The normalized spacial score (nSPS) is 15.1. The first-order valence-electron chi connectivity index (χ1n) is 10.1. The van der Waals surface area contributed by atoms with E-state index in [4.69, 9.17) is 4.74 Å². The van der Waals surface area contributed by atoms with Gasteiger partial charge < -0.3 is 14.5 Å². The fraction of sp³-hybridized carbons (Fsp3) is 0.409. The highest BCUT2D eigenvalue weighted by atomic mass is 32.2. The zero-order valence-corrected chi connectivity index (χ0v) is 18.6. The van der Waals surface area contributed by atoms with E-state index in [1.807, 2.05) is 6.92 Å². The van der Waals surface area contributed by atoms with Gasteiger partial charge in [0.1, 0.15) is 12.3 Å². The number of carbonyl (C=O) groups excluding carboxylic acids is 1. The van der Waals surface area contributed by atoms with Crippen molar-refractivity contribution in [3.05, 3.63) is 54.1 Å². The molecule has 7 nitrogen and oxygen atoms in total. The summed E-state index contributed by atoms with van der Waals surface area (Å²) in [5.74, 6) is 0.422. The van der Waals surface area contributed by atoms with Gasteiger partial charge >= 0.3 is 0 Å². The molecule has 1 aliphatic rings. The van der Waals surface area contributed by atoms with Crippen molar-refractivity contribution in [3.8, 4) is 5.75 Å². The fourth-order valence-electron chi connectivity index (χ4n) is 3.44. The van der Waals surface area contributed by atoms with Gasteiger partial charge in [-0.1, -0.05) is 24.6 Å². The first-order valence-corrected chi connectivity index (χ1v) is 11.5. The molecule has 0 radical (unpaired) electrons. The molecule has 1 heterocycles. The average Bonchev–Trinajstić information content (AvgIpc) is 2.77. The standard InChI is InChI=1S/C22H29N3O4S/c1-4-23-13-15-24(16-14-23)22(26)17-25(19-7-9-20(29-3)10-8-19)30(27,28)21-11-5-18(2)6-12-21/h5-12H,4,13-17H2,1-3H3. The van der Waals surface area contributed by atoms with Gasteiger partial charge in [0.05, 0.1) is 17.7 Å². The maximum atomic E-state index is 13.4. The molecule has 1 aliphatic heterocycles. The van der Waals surface area contributed by atoms with Gasteiger partial charge in [-0.25, -0.2) is 8.42 Å². The Hall–Kier alpha value is -2.58. The maximum absolute atomic E-state index is 13.4. The number of hydrogen-bond donors (Lipinski definition) is 0. The van der Waals surface area contributed by atoms with Crippen molar-refractivity contribution < 1.29 is 17.9 Å². The highest BCUT2D eigenvalue weighted by Crippen LogP contribution is 2.26. The second kappa shape index (κ2) is 9.49. The van der Waals surface area contributed by atoms with Crippen LogP contribution in [-0.2, 0) is 14.8 Å². The molecular weight excluding hydrogens is 402 g/mol. The van der Waals surface area contributed by atoms with Crippen LogP contribution in [-0.4, -0.2) is 70.5 Å². The van der Waals surface area contributed by atoms with Crippen molar-refractivity contribution in [2.24, 2.45) is 0 Å². The topological polar surface area (TPSA) is 70.2 Å². The molecule has 0 spiro atoms. The summed E-state index contributed by atoms with van der Waals surface area (Å²) >= 11 is 0. The van der Waals surface area contributed by atoms with Gasteiger partial charge in [-0.05, 0) is 49.9 Å². The molecule has 0 N–H and O–H groups in total. The smallest absolute Gasteiger partial charge is 0.264 e. The minimum absolute atomic E-state index is 0.160. The van der Waals surface area contributed by atoms with Crippen LogP contribution in [0.1, 0.15) is 12.5 Å². The number of anilines is 1. The summed E-state index contributed by atoms with van der Waals surface area (Å²) < 4.78 is 33.2. The van der Waals surface area contributed by atoms with Crippen molar-refractivity contribution in [2.75, 3.05) is 50.7 Å². The van der Waals surface area contributed by atoms with Crippen LogP contribution in [0.5, 0.6) is 5.75 Å². The third-order valence-electron chi connectivity index (χ3n) is 5.42. The lowest BCUT2D eigenvalue weighted by atomic mass is 10.2. The van der Waals surface area contributed by atoms with Gasteiger partial charge in [0.2, 0.25) is 5.91 Å². The number of likely N-dealkylation sites (N-methyl/N-ethyl adjacent to an activating group) is 1. The van der Waals surface area contributed by atoms with Gasteiger partial charge in [-0.2, -0.15) is 0 Å². The summed E-state index contributed by atoms with van der Waals surface area (Å²) in [7, 11) is -2.35. The molecule has 1 fully saturated rings. The van der Waals surface area contributed by atoms with E-state index in [1.54, 1.807) is 60.5 Å². The van der Waals surface area contributed by atoms with E-state index in [2.05, 4.69) is 11.8 Å². The summed E-state index contributed by atoms with van der Waals surface area (Å²) in [6.45, 7) is 7.51. The van der Waals surface area contributed by atoms with E-state index in [1.165, 1.54) is 4.31 Å². The van der Waals surface area contributed by atoms with E-state index >= 15 is 0 Å². The van der Waals surface area contributed by atoms with Crippen molar-refractivity contribution >= 4 is 21.6 Å². The van der Waals surface area contributed by atoms with E-state index in [0.29, 0.717) is 24.5 Å². The third kappa shape index (κ3) is 4.94. The number of benzene rings is 2. The lowest BCUT2D eigenvalue weighted by molar-refractivity contribution is -0.131. The van der Waals surface area contributed by atoms with Crippen LogP contribution in [0.25, 0.3) is 0 Å². The summed E-state index contributed by atoms with van der Waals surface area (Å²) in [5, 5.41) is 0. The first-order chi connectivity index (χ1) is 14.3. The van der Waals surface area contributed by atoms with Gasteiger partial charge in [0.15, 0.2) is 0 Å².